The van der Waals surface area contributed by atoms with Crippen LogP contribution in [0, 0.1) is 5.92 Å². The van der Waals surface area contributed by atoms with Crippen molar-refractivity contribution in [1.29, 1.82) is 0 Å². The third-order valence-corrected chi connectivity index (χ3v) is 4.71. The third kappa shape index (κ3) is 2.23. The minimum absolute atomic E-state index is 0.0522. The van der Waals surface area contributed by atoms with Crippen LogP contribution >= 0.6 is 0 Å². The summed E-state index contributed by atoms with van der Waals surface area (Å²) in [6.45, 7) is 0. The molecular formula is C16H21NO3. The molecule has 0 spiro atoms. The number of carbonyl (C=O) groups is 1. The molecule has 0 aliphatic carbocycles. The molecule has 2 bridgehead atoms. The second-order valence-corrected chi connectivity index (χ2v) is 5.70. The first kappa shape index (κ1) is 13.6. The van der Waals surface area contributed by atoms with Crippen LogP contribution in [0.15, 0.2) is 30.3 Å². The van der Waals surface area contributed by atoms with E-state index in [1.807, 2.05) is 18.2 Å². The fraction of sp³-hybridized carbons (Fsp3) is 0.562. The van der Waals surface area contributed by atoms with Crippen LogP contribution in [-0.4, -0.2) is 38.4 Å². The molecule has 3 unspecified atom stereocenters. The Labute approximate surface area is 119 Å². The van der Waals surface area contributed by atoms with Crippen LogP contribution in [0.5, 0.6) is 0 Å². The van der Waals surface area contributed by atoms with E-state index in [1.165, 1.54) is 12.7 Å². The minimum Gasteiger partial charge on any atom is -0.469 e. The molecule has 20 heavy (non-hydrogen) atoms. The summed E-state index contributed by atoms with van der Waals surface area (Å²) in [5, 5.41) is 3.53. The van der Waals surface area contributed by atoms with Gasteiger partial charge in [-0.1, -0.05) is 30.3 Å². The van der Waals surface area contributed by atoms with Gasteiger partial charge < -0.3 is 14.8 Å². The summed E-state index contributed by atoms with van der Waals surface area (Å²) < 4.78 is 10.6. The summed E-state index contributed by atoms with van der Waals surface area (Å²) in [5.74, 6) is -0.107. The Morgan fingerprint density at radius 2 is 1.95 bits per heavy atom. The van der Waals surface area contributed by atoms with Crippen LogP contribution in [0.4, 0.5) is 0 Å². The molecule has 4 nitrogen and oxygen atoms in total. The van der Waals surface area contributed by atoms with Crippen molar-refractivity contribution in [3.63, 3.8) is 0 Å². The summed E-state index contributed by atoms with van der Waals surface area (Å²) in [5.41, 5.74) is 1.22. The zero-order valence-electron chi connectivity index (χ0n) is 11.9. The topological polar surface area (TPSA) is 47.6 Å². The lowest BCUT2D eigenvalue weighted by Gasteiger charge is -2.37. The van der Waals surface area contributed by atoms with Crippen molar-refractivity contribution in [3.05, 3.63) is 35.9 Å². The lowest BCUT2D eigenvalue weighted by molar-refractivity contribution is -0.149. The highest BCUT2D eigenvalue weighted by Gasteiger charge is 2.51. The molecule has 0 radical (unpaired) electrons. The number of hydrogen-bond acceptors (Lipinski definition) is 4. The number of fused-ring (bicyclic) bond motifs is 2. The molecular weight excluding hydrogens is 254 g/mol. The summed E-state index contributed by atoms with van der Waals surface area (Å²) >= 11 is 0. The molecule has 1 aromatic carbocycles. The molecule has 2 saturated heterocycles. The fourth-order valence-electron chi connectivity index (χ4n) is 3.81. The van der Waals surface area contributed by atoms with E-state index >= 15 is 0 Å². The van der Waals surface area contributed by atoms with Crippen LogP contribution in [0.25, 0.3) is 0 Å². The van der Waals surface area contributed by atoms with E-state index in [0.29, 0.717) is 6.04 Å². The SMILES string of the molecule is COC(=O)[C@@H]1C2NC(CC2OC)C[C@H]1c1ccccc1. The number of ether oxygens (including phenoxy) is 2. The Balaban J connectivity index is 1.94. The Kier molecular flexibility index (Phi) is 3.76. The van der Waals surface area contributed by atoms with Gasteiger partial charge in [0, 0.05) is 25.1 Å². The molecule has 5 atom stereocenters. The number of hydrogen-bond donors (Lipinski definition) is 1. The quantitative estimate of drug-likeness (QED) is 0.853. The van der Waals surface area contributed by atoms with E-state index in [4.69, 9.17) is 9.47 Å². The van der Waals surface area contributed by atoms with Gasteiger partial charge in [-0.15, -0.1) is 0 Å². The molecule has 2 heterocycles. The zero-order chi connectivity index (χ0) is 14.1. The Morgan fingerprint density at radius 1 is 1.20 bits per heavy atom. The van der Waals surface area contributed by atoms with Gasteiger partial charge in [0.2, 0.25) is 0 Å². The normalized spacial score (nSPS) is 35.8. The van der Waals surface area contributed by atoms with E-state index in [0.717, 1.165) is 12.8 Å². The average Bonchev–Trinajstić information content (AvgIpc) is 2.83. The Hall–Kier alpha value is -1.39. The van der Waals surface area contributed by atoms with Crippen molar-refractivity contribution in [2.45, 2.75) is 36.9 Å². The summed E-state index contributed by atoms with van der Waals surface area (Å²) in [7, 11) is 3.19. The number of piperidine rings is 1. The Bertz CT molecular complexity index is 476. The van der Waals surface area contributed by atoms with Gasteiger partial charge in [-0.2, -0.15) is 0 Å². The lowest BCUT2D eigenvalue weighted by atomic mass is 9.77. The summed E-state index contributed by atoms with van der Waals surface area (Å²) in [4.78, 5) is 12.3. The molecule has 2 fully saturated rings. The zero-order valence-corrected chi connectivity index (χ0v) is 11.9. The van der Waals surface area contributed by atoms with Crippen molar-refractivity contribution in [1.82, 2.24) is 5.32 Å². The van der Waals surface area contributed by atoms with Crippen molar-refractivity contribution < 1.29 is 14.3 Å². The van der Waals surface area contributed by atoms with Gasteiger partial charge in [0.15, 0.2) is 0 Å². The maximum Gasteiger partial charge on any atom is 0.310 e. The van der Waals surface area contributed by atoms with Gasteiger partial charge in [-0.25, -0.2) is 0 Å². The van der Waals surface area contributed by atoms with Crippen LogP contribution < -0.4 is 5.32 Å². The smallest absolute Gasteiger partial charge is 0.310 e. The predicted molar refractivity (Wildman–Crippen MR) is 75.4 cm³/mol. The van der Waals surface area contributed by atoms with Gasteiger partial charge in [0.25, 0.3) is 0 Å². The fourth-order valence-corrected chi connectivity index (χ4v) is 3.81. The van der Waals surface area contributed by atoms with E-state index in [-0.39, 0.29) is 30.0 Å². The Morgan fingerprint density at radius 3 is 2.60 bits per heavy atom. The molecule has 4 heteroatoms. The second-order valence-electron chi connectivity index (χ2n) is 5.70. The van der Waals surface area contributed by atoms with Gasteiger partial charge >= 0.3 is 5.97 Å². The summed E-state index contributed by atoms with van der Waals surface area (Å²) in [6, 6.07) is 10.8. The molecule has 0 saturated carbocycles. The van der Waals surface area contributed by atoms with Gasteiger partial charge in [0.05, 0.1) is 19.1 Å². The highest BCUT2D eigenvalue weighted by molar-refractivity contribution is 5.75. The molecule has 3 rings (SSSR count). The first-order valence-corrected chi connectivity index (χ1v) is 7.16. The van der Waals surface area contributed by atoms with E-state index in [1.54, 1.807) is 7.11 Å². The molecule has 2 aliphatic heterocycles. The number of carbonyl (C=O) groups excluding carboxylic acids is 1. The van der Waals surface area contributed by atoms with E-state index < -0.39 is 0 Å². The molecule has 1 N–H and O–H groups in total. The van der Waals surface area contributed by atoms with Gasteiger partial charge in [0.1, 0.15) is 0 Å². The predicted octanol–water partition coefficient (Wildman–Crippen LogP) is 1.71. The monoisotopic (exact) mass is 275 g/mol. The highest BCUT2D eigenvalue weighted by atomic mass is 16.5. The molecule has 2 aliphatic rings. The maximum atomic E-state index is 12.3. The van der Waals surface area contributed by atoms with Crippen LogP contribution in [-0.2, 0) is 14.3 Å². The standard InChI is InChI=1S/C16H21NO3/c1-19-13-9-11-8-12(10-6-4-3-5-7-10)14(15(13)17-11)16(18)20-2/h3-7,11-15,17H,8-9H2,1-2H3/t11?,12-,13?,14-,15?/m0/s1. The van der Waals surface area contributed by atoms with Crippen molar-refractivity contribution in [3.8, 4) is 0 Å². The number of methoxy groups -OCH3 is 2. The first-order chi connectivity index (χ1) is 9.74. The highest BCUT2D eigenvalue weighted by Crippen LogP contribution is 2.43. The average molecular weight is 275 g/mol. The largest absolute Gasteiger partial charge is 0.469 e. The maximum absolute atomic E-state index is 12.3. The molecule has 0 aromatic heterocycles. The number of benzene rings is 1. The molecule has 108 valence electrons. The van der Waals surface area contributed by atoms with Crippen molar-refractivity contribution >= 4 is 5.97 Å². The number of nitrogens with one attached hydrogen (secondary N) is 1. The lowest BCUT2D eigenvalue weighted by Crippen LogP contribution is -2.51. The van der Waals surface area contributed by atoms with Crippen molar-refractivity contribution in [2.75, 3.05) is 14.2 Å². The molecule has 0 amide bonds. The van der Waals surface area contributed by atoms with Crippen LogP contribution in [0.2, 0.25) is 0 Å². The van der Waals surface area contributed by atoms with E-state index in [2.05, 4.69) is 17.4 Å². The van der Waals surface area contributed by atoms with Crippen LogP contribution in [0.1, 0.15) is 24.3 Å². The summed E-state index contributed by atoms with van der Waals surface area (Å²) in [6.07, 6.45) is 2.02. The minimum atomic E-state index is -0.175. The number of rotatable bonds is 3. The van der Waals surface area contributed by atoms with Crippen molar-refractivity contribution in [2.24, 2.45) is 5.92 Å². The van der Waals surface area contributed by atoms with Gasteiger partial charge in [-0.05, 0) is 18.4 Å². The first-order valence-electron chi connectivity index (χ1n) is 7.16. The second kappa shape index (κ2) is 5.54. The van der Waals surface area contributed by atoms with Crippen LogP contribution in [0.3, 0.4) is 0 Å². The van der Waals surface area contributed by atoms with Gasteiger partial charge in [-0.3, -0.25) is 4.79 Å². The third-order valence-electron chi connectivity index (χ3n) is 4.71. The molecule has 1 aromatic rings. The van der Waals surface area contributed by atoms with E-state index in [9.17, 15) is 4.79 Å². The number of esters is 1.